The second-order valence-corrected chi connectivity index (χ2v) is 2.78. The third kappa shape index (κ3) is 2.34. The molecule has 0 saturated carbocycles. The zero-order chi connectivity index (χ0) is 8.97. The van der Waals surface area contributed by atoms with Gasteiger partial charge in [-0.05, 0) is 6.07 Å². The maximum absolute atomic E-state index is 5.70. The van der Waals surface area contributed by atoms with Crippen molar-refractivity contribution in [3.05, 3.63) is 28.2 Å². The maximum atomic E-state index is 5.70. The highest BCUT2D eigenvalue weighted by molar-refractivity contribution is 6.41. The molecule has 0 aliphatic carbocycles. The van der Waals surface area contributed by atoms with Gasteiger partial charge in [-0.2, -0.15) is 0 Å². The lowest BCUT2D eigenvalue weighted by Crippen LogP contribution is -1.92. The topological polar surface area (TPSA) is 9.23 Å². The number of hydrogen-bond acceptors (Lipinski definition) is 1. The Morgan fingerprint density at radius 3 is 2.92 bits per heavy atom. The van der Waals surface area contributed by atoms with Crippen LogP contribution in [0.5, 0.6) is 5.75 Å². The Bertz CT molecular complexity index is 315. The molecule has 0 saturated heterocycles. The van der Waals surface area contributed by atoms with Crippen molar-refractivity contribution >= 4 is 23.2 Å². The quantitative estimate of drug-likeness (QED) is 0.667. The van der Waals surface area contributed by atoms with Crippen molar-refractivity contribution in [2.75, 3.05) is 6.61 Å². The molecule has 0 amide bonds. The highest BCUT2D eigenvalue weighted by Crippen LogP contribution is 2.25. The van der Waals surface area contributed by atoms with E-state index in [1.54, 1.807) is 12.1 Å². The number of hydrogen-bond donors (Lipinski definition) is 0. The zero-order valence-electron chi connectivity index (χ0n) is 6.10. The Morgan fingerprint density at radius 1 is 1.58 bits per heavy atom. The van der Waals surface area contributed by atoms with Gasteiger partial charge in [0.05, 0.1) is 10.0 Å². The Labute approximate surface area is 81.2 Å². The standard InChI is InChI=1S/C9H5Cl2O/c1-2-5-12-7-3-4-8(10)9(11)6-7/h1,3,6H,5H2. The van der Waals surface area contributed by atoms with Crippen LogP contribution < -0.4 is 4.74 Å². The summed E-state index contributed by atoms with van der Waals surface area (Å²) < 4.78 is 5.08. The van der Waals surface area contributed by atoms with E-state index in [0.717, 1.165) is 0 Å². The lowest BCUT2D eigenvalue weighted by Gasteiger charge is -2.02. The molecular weight excluding hydrogens is 195 g/mol. The Kier molecular flexibility index (Phi) is 3.28. The first kappa shape index (κ1) is 9.25. The van der Waals surface area contributed by atoms with Gasteiger partial charge in [-0.25, -0.2) is 0 Å². The number of ether oxygens (including phenoxy) is 1. The van der Waals surface area contributed by atoms with Crippen LogP contribution in [0.15, 0.2) is 12.1 Å². The second-order valence-electron chi connectivity index (χ2n) is 1.99. The lowest BCUT2D eigenvalue weighted by atomic mass is 10.3. The van der Waals surface area contributed by atoms with Crippen molar-refractivity contribution in [2.45, 2.75) is 0 Å². The number of benzene rings is 1. The molecule has 1 aromatic rings. The molecule has 1 radical (unpaired) electrons. The predicted octanol–water partition coefficient (Wildman–Crippen LogP) is 2.81. The lowest BCUT2D eigenvalue weighted by molar-refractivity contribution is 0.370. The van der Waals surface area contributed by atoms with Crippen molar-refractivity contribution in [2.24, 2.45) is 0 Å². The molecule has 3 heteroatoms. The summed E-state index contributed by atoms with van der Waals surface area (Å²) in [6, 6.07) is 5.90. The van der Waals surface area contributed by atoms with Crippen LogP contribution in [0.25, 0.3) is 0 Å². The summed E-state index contributed by atoms with van der Waals surface area (Å²) in [4.78, 5) is 0. The fraction of sp³-hybridized carbons (Fsp3) is 0.111. The second kappa shape index (κ2) is 4.25. The van der Waals surface area contributed by atoms with Crippen LogP contribution >= 0.6 is 23.2 Å². The van der Waals surface area contributed by atoms with E-state index < -0.39 is 0 Å². The molecule has 0 unspecified atom stereocenters. The van der Waals surface area contributed by atoms with Crippen LogP contribution in [0.1, 0.15) is 0 Å². The molecule has 12 heavy (non-hydrogen) atoms. The fourth-order valence-electron chi connectivity index (χ4n) is 0.642. The van der Waals surface area contributed by atoms with E-state index in [4.69, 9.17) is 34.4 Å². The monoisotopic (exact) mass is 199 g/mol. The minimum atomic E-state index is 0.214. The summed E-state index contributed by atoms with van der Waals surface area (Å²) in [5, 5.41) is 0.788. The van der Waals surface area contributed by atoms with Crippen molar-refractivity contribution in [1.29, 1.82) is 0 Å². The van der Waals surface area contributed by atoms with E-state index in [0.29, 0.717) is 15.8 Å². The minimum Gasteiger partial charge on any atom is -0.481 e. The first-order valence-electron chi connectivity index (χ1n) is 3.17. The first-order valence-corrected chi connectivity index (χ1v) is 3.92. The number of terminal acetylenes is 1. The minimum absolute atomic E-state index is 0.214. The Balaban J connectivity index is 2.77. The van der Waals surface area contributed by atoms with Crippen LogP contribution in [0.3, 0.4) is 0 Å². The third-order valence-corrected chi connectivity index (χ3v) is 1.85. The largest absolute Gasteiger partial charge is 0.481 e. The van der Waals surface area contributed by atoms with E-state index >= 15 is 0 Å². The predicted molar refractivity (Wildman–Crippen MR) is 49.6 cm³/mol. The fourth-order valence-corrected chi connectivity index (χ4v) is 0.913. The highest BCUT2D eigenvalue weighted by Gasteiger charge is 1.99. The summed E-state index contributed by atoms with van der Waals surface area (Å²) in [6.07, 6.45) is 5.00. The molecular formula is C9H5Cl2O. The van der Waals surface area contributed by atoms with E-state index in [-0.39, 0.29) is 6.61 Å². The summed E-state index contributed by atoms with van der Waals surface area (Å²) in [7, 11) is 0. The zero-order valence-corrected chi connectivity index (χ0v) is 7.62. The van der Waals surface area contributed by atoms with Gasteiger partial charge in [0.15, 0.2) is 0 Å². The van der Waals surface area contributed by atoms with Crippen LogP contribution in [0, 0.1) is 18.4 Å². The van der Waals surface area contributed by atoms with Gasteiger partial charge in [-0.3, -0.25) is 0 Å². The molecule has 0 atom stereocenters. The third-order valence-electron chi connectivity index (χ3n) is 1.14. The molecule has 1 rings (SSSR count). The van der Waals surface area contributed by atoms with E-state index in [1.165, 1.54) is 0 Å². The van der Waals surface area contributed by atoms with Gasteiger partial charge in [-0.15, -0.1) is 6.42 Å². The van der Waals surface area contributed by atoms with Gasteiger partial charge < -0.3 is 4.74 Å². The number of halogens is 2. The maximum Gasteiger partial charge on any atom is 0.148 e. The van der Waals surface area contributed by atoms with Crippen molar-refractivity contribution < 1.29 is 4.74 Å². The smallest absolute Gasteiger partial charge is 0.148 e. The van der Waals surface area contributed by atoms with Crippen LogP contribution in [0.4, 0.5) is 0 Å². The normalized spacial score (nSPS) is 9.08. The first-order chi connectivity index (χ1) is 5.74. The molecule has 0 N–H and O–H groups in total. The molecule has 1 nitrogen and oxygen atoms in total. The van der Waals surface area contributed by atoms with Crippen LogP contribution in [-0.2, 0) is 0 Å². The van der Waals surface area contributed by atoms with Gasteiger partial charge in [0.1, 0.15) is 12.4 Å². The molecule has 0 bridgehead atoms. The highest BCUT2D eigenvalue weighted by atomic mass is 35.5. The summed E-state index contributed by atoms with van der Waals surface area (Å²) >= 11 is 11.3. The van der Waals surface area contributed by atoms with E-state index in [9.17, 15) is 0 Å². The van der Waals surface area contributed by atoms with E-state index in [2.05, 4.69) is 12.0 Å². The van der Waals surface area contributed by atoms with Gasteiger partial charge >= 0.3 is 0 Å². The van der Waals surface area contributed by atoms with Crippen molar-refractivity contribution in [3.63, 3.8) is 0 Å². The van der Waals surface area contributed by atoms with Gasteiger partial charge in [0.2, 0.25) is 0 Å². The van der Waals surface area contributed by atoms with Crippen LogP contribution in [0.2, 0.25) is 10.0 Å². The molecule has 0 aliphatic heterocycles. The average molecular weight is 200 g/mol. The van der Waals surface area contributed by atoms with Gasteiger partial charge in [0.25, 0.3) is 0 Å². The summed E-state index contributed by atoms with van der Waals surface area (Å²) in [5.74, 6) is 2.91. The molecule has 0 aromatic heterocycles. The van der Waals surface area contributed by atoms with Crippen molar-refractivity contribution in [1.82, 2.24) is 0 Å². The SMILES string of the molecule is C#CCOc1c[c]c(Cl)c(Cl)c1. The molecule has 0 heterocycles. The van der Waals surface area contributed by atoms with Gasteiger partial charge in [-0.1, -0.05) is 29.1 Å². The van der Waals surface area contributed by atoms with Crippen molar-refractivity contribution in [3.8, 4) is 18.1 Å². The molecule has 1 aromatic carbocycles. The molecule has 61 valence electrons. The molecule has 0 spiro atoms. The Morgan fingerprint density at radius 2 is 2.33 bits per heavy atom. The molecule has 0 aliphatic rings. The average Bonchev–Trinajstić information content (AvgIpc) is 2.07. The summed E-state index contributed by atoms with van der Waals surface area (Å²) in [6.45, 7) is 0.214. The number of rotatable bonds is 2. The van der Waals surface area contributed by atoms with Crippen LogP contribution in [-0.4, -0.2) is 6.61 Å². The Hall–Kier alpha value is -0.840. The molecule has 0 fully saturated rings. The summed E-state index contributed by atoms with van der Waals surface area (Å²) in [5.41, 5.74) is 0. The van der Waals surface area contributed by atoms with E-state index in [1.807, 2.05) is 0 Å². The van der Waals surface area contributed by atoms with Gasteiger partial charge in [0, 0.05) is 12.1 Å².